The summed E-state index contributed by atoms with van der Waals surface area (Å²) >= 11 is 0. The molecule has 0 bridgehead atoms. The van der Waals surface area contributed by atoms with Gasteiger partial charge in [0.25, 0.3) is 0 Å². The number of nitrogens with zero attached hydrogens (tertiary/aromatic N) is 2. The van der Waals surface area contributed by atoms with E-state index >= 15 is 0 Å². The third-order valence-corrected chi connectivity index (χ3v) is 5.03. The SMILES string of the molecule is CCCC[C@H](CCN)Nc1ncc(C(F)(F)F)c(-c2c[nH]c3c(C)cccc23)n1. The third kappa shape index (κ3) is 4.70. The lowest BCUT2D eigenvalue weighted by atomic mass is 10.0. The Bertz CT molecular complexity index is 965. The van der Waals surface area contributed by atoms with Crippen molar-refractivity contribution < 1.29 is 13.2 Å². The number of hydrogen-bond donors (Lipinski definition) is 3. The van der Waals surface area contributed by atoms with Crippen LogP contribution in [0, 0.1) is 6.92 Å². The van der Waals surface area contributed by atoms with Crippen LogP contribution in [-0.2, 0) is 6.18 Å². The molecule has 0 spiro atoms. The van der Waals surface area contributed by atoms with E-state index in [0.29, 0.717) is 23.9 Å². The molecule has 0 saturated heterocycles. The van der Waals surface area contributed by atoms with Gasteiger partial charge < -0.3 is 16.0 Å². The number of alkyl halides is 3. The van der Waals surface area contributed by atoms with E-state index < -0.39 is 11.7 Å². The Morgan fingerprint density at radius 2 is 2.03 bits per heavy atom. The number of nitrogens with two attached hydrogens (primary N) is 1. The first-order valence-electron chi connectivity index (χ1n) is 9.83. The fourth-order valence-electron chi connectivity index (χ4n) is 3.49. The quantitative estimate of drug-likeness (QED) is 0.477. The van der Waals surface area contributed by atoms with Crippen molar-refractivity contribution in [3.63, 3.8) is 0 Å². The van der Waals surface area contributed by atoms with Gasteiger partial charge in [-0.25, -0.2) is 9.97 Å². The number of aromatic amines is 1. The highest BCUT2D eigenvalue weighted by molar-refractivity contribution is 5.97. The van der Waals surface area contributed by atoms with Crippen LogP contribution in [-0.4, -0.2) is 27.5 Å². The van der Waals surface area contributed by atoms with Gasteiger partial charge in [0.2, 0.25) is 5.95 Å². The fraction of sp³-hybridized carbons (Fsp3) is 0.429. The Morgan fingerprint density at radius 3 is 2.72 bits per heavy atom. The number of rotatable bonds is 8. The van der Waals surface area contributed by atoms with Crippen LogP contribution in [0.3, 0.4) is 0 Å². The van der Waals surface area contributed by atoms with Crippen LogP contribution in [0.15, 0.2) is 30.6 Å². The molecule has 8 heteroatoms. The van der Waals surface area contributed by atoms with Crippen molar-refractivity contribution in [1.82, 2.24) is 15.0 Å². The zero-order valence-electron chi connectivity index (χ0n) is 16.6. The van der Waals surface area contributed by atoms with Crippen molar-refractivity contribution >= 4 is 16.9 Å². The van der Waals surface area contributed by atoms with Crippen LogP contribution in [0.2, 0.25) is 0 Å². The first kappa shape index (κ1) is 21.1. The van der Waals surface area contributed by atoms with E-state index in [4.69, 9.17) is 5.73 Å². The van der Waals surface area contributed by atoms with Crippen molar-refractivity contribution in [3.8, 4) is 11.3 Å². The first-order valence-corrected chi connectivity index (χ1v) is 9.83. The van der Waals surface area contributed by atoms with E-state index in [0.717, 1.165) is 36.5 Å². The molecule has 3 rings (SSSR count). The summed E-state index contributed by atoms with van der Waals surface area (Å²) in [5.74, 6) is 0.185. The predicted octanol–water partition coefficient (Wildman–Crippen LogP) is 5.27. The molecule has 2 aromatic heterocycles. The van der Waals surface area contributed by atoms with Crippen molar-refractivity contribution in [2.45, 2.75) is 51.7 Å². The number of para-hydroxylation sites is 1. The van der Waals surface area contributed by atoms with Gasteiger partial charge in [-0.3, -0.25) is 0 Å². The molecule has 0 unspecified atom stereocenters. The van der Waals surface area contributed by atoms with Gasteiger partial charge in [0.05, 0.1) is 5.69 Å². The molecular weight excluding hydrogens is 379 g/mol. The number of unbranched alkanes of at least 4 members (excludes halogenated alkanes) is 1. The van der Waals surface area contributed by atoms with Gasteiger partial charge in [-0.1, -0.05) is 38.0 Å². The lowest BCUT2D eigenvalue weighted by molar-refractivity contribution is -0.137. The predicted molar refractivity (Wildman–Crippen MR) is 110 cm³/mol. The van der Waals surface area contributed by atoms with Crippen molar-refractivity contribution in [2.24, 2.45) is 5.73 Å². The lowest BCUT2D eigenvalue weighted by Crippen LogP contribution is -2.24. The van der Waals surface area contributed by atoms with Crippen molar-refractivity contribution in [1.29, 1.82) is 0 Å². The number of aromatic nitrogens is 3. The Labute approximate surface area is 167 Å². The number of H-pyrrole nitrogens is 1. The van der Waals surface area contributed by atoms with Gasteiger partial charge >= 0.3 is 6.18 Å². The van der Waals surface area contributed by atoms with Crippen LogP contribution in [0.1, 0.15) is 43.7 Å². The molecule has 3 aromatic rings. The minimum atomic E-state index is -4.56. The molecule has 4 N–H and O–H groups in total. The maximum atomic E-state index is 13.7. The zero-order valence-corrected chi connectivity index (χ0v) is 16.6. The van der Waals surface area contributed by atoms with Gasteiger partial charge in [-0.2, -0.15) is 13.2 Å². The van der Waals surface area contributed by atoms with Gasteiger partial charge in [0.1, 0.15) is 5.56 Å². The number of nitrogens with one attached hydrogen (secondary N) is 2. The Hall–Kier alpha value is -2.61. The molecule has 0 amide bonds. The average molecular weight is 405 g/mol. The maximum absolute atomic E-state index is 13.7. The number of halogens is 3. The lowest BCUT2D eigenvalue weighted by Gasteiger charge is -2.19. The van der Waals surface area contributed by atoms with Gasteiger partial charge in [0, 0.05) is 34.9 Å². The molecule has 0 saturated carbocycles. The van der Waals surface area contributed by atoms with Gasteiger partial charge in [-0.05, 0) is 31.9 Å². The maximum Gasteiger partial charge on any atom is 0.419 e. The highest BCUT2D eigenvalue weighted by Crippen LogP contribution is 2.39. The van der Waals surface area contributed by atoms with E-state index in [1.54, 1.807) is 12.3 Å². The van der Waals surface area contributed by atoms with Crippen molar-refractivity contribution in [2.75, 3.05) is 11.9 Å². The topological polar surface area (TPSA) is 79.6 Å². The second-order valence-electron chi connectivity index (χ2n) is 7.21. The summed E-state index contributed by atoms with van der Waals surface area (Å²) in [5.41, 5.74) is 6.87. The number of aryl methyl sites for hydroxylation is 1. The van der Waals surface area contributed by atoms with E-state index in [9.17, 15) is 13.2 Å². The fourth-order valence-corrected chi connectivity index (χ4v) is 3.49. The molecule has 0 radical (unpaired) electrons. The van der Waals surface area contributed by atoms with Crippen LogP contribution >= 0.6 is 0 Å². The van der Waals surface area contributed by atoms with E-state index in [1.165, 1.54) is 0 Å². The average Bonchev–Trinajstić information content (AvgIpc) is 3.11. The summed E-state index contributed by atoms with van der Waals surface area (Å²) in [6.45, 7) is 4.48. The summed E-state index contributed by atoms with van der Waals surface area (Å²) in [6, 6.07) is 5.55. The number of benzene rings is 1. The van der Waals surface area contributed by atoms with Gasteiger partial charge in [-0.15, -0.1) is 0 Å². The molecule has 1 atom stereocenters. The standard InChI is InChI=1S/C21H26F3N5/c1-3-4-7-14(9-10-25)28-20-27-12-17(21(22,23)24)19(29-20)16-11-26-18-13(2)6-5-8-15(16)18/h5-6,8,11-12,14,26H,3-4,7,9-10,25H2,1-2H3,(H,27,28,29)/t14-/m1/s1. The number of anilines is 1. The smallest absolute Gasteiger partial charge is 0.360 e. The summed E-state index contributed by atoms with van der Waals surface area (Å²) < 4.78 is 41.0. The van der Waals surface area contributed by atoms with Crippen LogP contribution in [0.4, 0.5) is 19.1 Å². The van der Waals surface area contributed by atoms with Crippen molar-refractivity contribution in [3.05, 3.63) is 41.7 Å². The minimum Gasteiger partial charge on any atom is -0.360 e. The molecule has 0 fully saturated rings. The van der Waals surface area contributed by atoms with Crippen LogP contribution < -0.4 is 11.1 Å². The Kier molecular flexibility index (Phi) is 6.42. The number of fused-ring (bicyclic) bond motifs is 1. The van der Waals surface area contributed by atoms with E-state index in [2.05, 4.69) is 27.2 Å². The van der Waals surface area contributed by atoms with E-state index in [1.807, 2.05) is 19.1 Å². The Balaban J connectivity index is 2.06. The summed E-state index contributed by atoms with van der Waals surface area (Å²) in [7, 11) is 0. The molecule has 29 heavy (non-hydrogen) atoms. The highest BCUT2D eigenvalue weighted by atomic mass is 19.4. The third-order valence-electron chi connectivity index (χ3n) is 5.03. The molecular formula is C21H26F3N5. The summed E-state index contributed by atoms with van der Waals surface area (Å²) in [5, 5.41) is 3.87. The second kappa shape index (κ2) is 8.82. The molecule has 156 valence electrons. The molecule has 0 aliphatic rings. The molecule has 1 aromatic carbocycles. The van der Waals surface area contributed by atoms with Crippen LogP contribution in [0.5, 0.6) is 0 Å². The normalized spacial score (nSPS) is 13.0. The summed E-state index contributed by atoms with van der Waals surface area (Å²) in [6.07, 6.45) is 1.46. The first-order chi connectivity index (χ1) is 13.8. The van der Waals surface area contributed by atoms with Gasteiger partial charge in [0.15, 0.2) is 0 Å². The minimum absolute atomic E-state index is 0.0229. The molecule has 5 nitrogen and oxygen atoms in total. The monoisotopic (exact) mass is 405 g/mol. The Morgan fingerprint density at radius 1 is 1.24 bits per heavy atom. The molecule has 0 aliphatic heterocycles. The van der Waals surface area contributed by atoms with E-state index in [-0.39, 0.29) is 17.7 Å². The number of hydrogen-bond acceptors (Lipinski definition) is 4. The highest BCUT2D eigenvalue weighted by Gasteiger charge is 2.36. The second-order valence-corrected chi connectivity index (χ2v) is 7.21. The summed E-state index contributed by atoms with van der Waals surface area (Å²) in [4.78, 5) is 11.3. The molecule has 0 aliphatic carbocycles. The molecule has 2 heterocycles. The largest absolute Gasteiger partial charge is 0.419 e. The van der Waals surface area contributed by atoms with Crippen LogP contribution in [0.25, 0.3) is 22.2 Å². The zero-order chi connectivity index (χ0) is 21.0.